The van der Waals surface area contributed by atoms with Gasteiger partial charge in [-0.3, -0.25) is 23.9 Å². The molecular weight excluding hydrogens is 440 g/mol. The van der Waals surface area contributed by atoms with Crippen LogP contribution in [0.15, 0.2) is 59.7 Å². The van der Waals surface area contributed by atoms with E-state index in [-0.39, 0.29) is 40.7 Å². The molecule has 34 heavy (non-hydrogen) atoms. The quantitative estimate of drug-likeness (QED) is 0.567. The van der Waals surface area contributed by atoms with E-state index >= 15 is 0 Å². The van der Waals surface area contributed by atoms with Crippen LogP contribution in [0.1, 0.15) is 31.9 Å². The van der Waals surface area contributed by atoms with Gasteiger partial charge in [0.25, 0.3) is 11.5 Å². The summed E-state index contributed by atoms with van der Waals surface area (Å²) in [7, 11) is 0. The summed E-state index contributed by atoms with van der Waals surface area (Å²) in [5, 5.41) is 12.4. The van der Waals surface area contributed by atoms with Crippen LogP contribution in [-0.4, -0.2) is 54.5 Å². The van der Waals surface area contributed by atoms with Gasteiger partial charge in [0.05, 0.1) is 22.9 Å². The van der Waals surface area contributed by atoms with Crippen molar-refractivity contribution < 1.29 is 25.6 Å². The van der Waals surface area contributed by atoms with E-state index in [1.807, 2.05) is 26.0 Å². The van der Waals surface area contributed by atoms with Crippen molar-refractivity contribution in [2.45, 2.75) is 44.1 Å². The molecule has 0 unspecified atom stereocenters. The van der Waals surface area contributed by atoms with E-state index in [1.54, 1.807) is 41.3 Å². The fourth-order valence-corrected chi connectivity index (χ4v) is 5.70. The van der Waals surface area contributed by atoms with Crippen LogP contribution in [0.4, 0.5) is 5.69 Å². The van der Waals surface area contributed by atoms with E-state index in [9.17, 15) is 19.5 Å². The zero-order chi connectivity index (χ0) is 22.4. The van der Waals surface area contributed by atoms with Gasteiger partial charge in [0, 0.05) is 12.0 Å². The number of benzene rings is 2. The molecule has 4 atom stereocenters. The molecule has 4 heterocycles. The molecule has 10 heteroatoms. The van der Waals surface area contributed by atoms with E-state index in [0.29, 0.717) is 22.2 Å². The van der Waals surface area contributed by atoms with Crippen molar-refractivity contribution in [3.8, 4) is 0 Å². The summed E-state index contributed by atoms with van der Waals surface area (Å²) >= 11 is 0. The number of nitrogens with zero attached hydrogens (tertiary/aromatic N) is 4. The third-order valence-electron chi connectivity index (χ3n) is 7.06. The summed E-state index contributed by atoms with van der Waals surface area (Å²) in [5.41, 5.74) is -0.0619. The summed E-state index contributed by atoms with van der Waals surface area (Å²) in [6.45, 7) is 3.77. The first kappa shape index (κ1) is 23.6. The maximum absolute atomic E-state index is 13.8. The van der Waals surface area contributed by atoms with Gasteiger partial charge in [-0.25, -0.2) is 4.98 Å². The van der Waals surface area contributed by atoms with Crippen LogP contribution in [0.3, 0.4) is 0 Å². The highest BCUT2D eigenvalue weighted by Gasteiger charge is 2.67. The zero-order valence-electron chi connectivity index (χ0n) is 18.7. The van der Waals surface area contributed by atoms with Gasteiger partial charge in [-0.05, 0) is 24.1 Å². The number of fused-ring (bicyclic) bond motifs is 4. The van der Waals surface area contributed by atoms with Crippen LogP contribution >= 0.6 is 0 Å². The monoisotopic (exact) mass is 466 g/mol. The van der Waals surface area contributed by atoms with Gasteiger partial charge in [0.2, 0.25) is 5.91 Å². The Bertz CT molecular complexity index is 1370. The normalized spacial score (nSPS) is 26.9. The number of carbonyl (C=O) groups is 2. The first-order valence-corrected chi connectivity index (χ1v) is 10.8. The second-order valence-electron chi connectivity index (χ2n) is 9.15. The Labute approximate surface area is 194 Å². The third-order valence-corrected chi connectivity index (χ3v) is 7.06. The van der Waals surface area contributed by atoms with Crippen molar-refractivity contribution in [1.29, 1.82) is 0 Å². The predicted octanol–water partition coefficient (Wildman–Crippen LogP) is 0.119. The molecule has 3 aliphatic rings. The molecule has 6 rings (SSSR count). The molecule has 3 aliphatic heterocycles. The first-order chi connectivity index (χ1) is 15.3. The Kier molecular flexibility index (Phi) is 5.35. The first-order valence-electron chi connectivity index (χ1n) is 10.8. The van der Waals surface area contributed by atoms with Crippen molar-refractivity contribution in [3.63, 3.8) is 0 Å². The molecule has 5 N–H and O–H groups in total. The van der Waals surface area contributed by atoms with Crippen LogP contribution in [0.5, 0.6) is 0 Å². The average molecular weight is 466 g/mol. The molecule has 1 aromatic heterocycles. The van der Waals surface area contributed by atoms with E-state index in [4.69, 9.17) is 0 Å². The lowest BCUT2D eigenvalue weighted by Crippen LogP contribution is -2.61. The van der Waals surface area contributed by atoms with Gasteiger partial charge in [-0.2, -0.15) is 0 Å². The molecule has 178 valence electrons. The van der Waals surface area contributed by atoms with Crippen molar-refractivity contribution in [3.05, 3.63) is 70.8 Å². The Morgan fingerprint density at radius 1 is 1.00 bits per heavy atom. The van der Waals surface area contributed by atoms with E-state index in [0.717, 1.165) is 0 Å². The molecule has 0 saturated carbocycles. The van der Waals surface area contributed by atoms with E-state index in [2.05, 4.69) is 4.98 Å². The molecule has 10 nitrogen and oxygen atoms in total. The Morgan fingerprint density at radius 3 is 2.41 bits per heavy atom. The lowest BCUT2D eigenvalue weighted by Gasteiger charge is -2.45. The van der Waals surface area contributed by atoms with E-state index < -0.39 is 23.9 Å². The number of aliphatic hydroxyl groups is 1. The second kappa shape index (κ2) is 7.73. The number of anilines is 1. The number of carbonyl (C=O) groups excluding carboxylic acids is 2. The number of amides is 2. The van der Waals surface area contributed by atoms with Crippen LogP contribution in [-0.2, 0) is 15.2 Å². The number of aromatic nitrogens is 2. The highest BCUT2D eigenvalue weighted by atomic mass is 16.3. The molecule has 0 bridgehead atoms. The van der Waals surface area contributed by atoms with Gasteiger partial charge in [-0.1, -0.05) is 44.2 Å². The number of hydrogen-bond donors (Lipinski definition) is 1. The Hall–Kier alpha value is -3.60. The van der Waals surface area contributed by atoms with Gasteiger partial charge < -0.3 is 21.0 Å². The van der Waals surface area contributed by atoms with Crippen LogP contribution < -0.4 is 10.5 Å². The second-order valence-corrected chi connectivity index (χ2v) is 9.15. The van der Waals surface area contributed by atoms with Crippen LogP contribution in [0.2, 0.25) is 0 Å². The molecular formula is C24H26N4O6. The highest BCUT2D eigenvalue weighted by Crippen LogP contribution is 2.55. The summed E-state index contributed by atoms with van der Waals surface area (Å²) in [6, 6.07) is 12.5. The summed E-state index contributed by atoms with van der Waals surface area (Å²) in [5.74, 6) is -0.703. The summed E-state index contributed by atoms with van der Waals surface area (Å²) in [6.07, 6.45) is 0.545. The van der Waals surface area contributed by atoms with Crippen molar-refractivity contribution >= 4 is 28.4 Å². The van der Waals surface area contributed by atoms with Crippen molar-refractivity contribution in [2.24, 2.45) is 5.92 Å². The fourth-order valence-electron chi connectivity index (χ4n) is 5.70. The molecule has 0 radical (unpaired) electrons. The third kappa shape index (κ3) is 2.73. The molecule has 0 aliphatic carbocycles. The topological polar surface area (TPSA) is 159 Å². The maximum Gasteiger partial charge on any atom is 0.261 e. The summed E-state index contributed by atoms with van der Waals surface area (Å²) in [4.78, 5) is 48.0. The standard InChI is InChI=1S/C24H22N4O4.2H2O/c1-13(2)19-22(31)27-17-10-6-4-8-15(17)24(32)11-18(21(30)28(19)23(24)27)26-12-25-16-9-5-3-7-14(16)20(26)29;;/h3-10,12-13,18-19,23,32H,11H2,1-2H3;2*1H2/t18-,19-,23-,24+;;/m0../s1. The molecule has 2 saturated heterocycles. The van der Waals surface area contributed by atoms with Crippen LogP contribution in [0, 0.1) is 5.92 Å². The number of rotatable bonds is 2. The fraction of sp³-hybridized carbons (Fsp3) is 0.333. The average Bonchev–Trinajstić information content (AvgIpc) is 3.24. The molecule has 2 amide bonds. The predicted molar refractivity (Wildman–Crippen MR) is 124 cm³/mol. The van der Waals surface area contributed by atoms with Gasteiger partial charge in [-0.15, -0.1) is 0 Å². The lowest BCUT2D eigenvalue weighted by atomic mass is 9.81. The molecule has 2 fully saturated rings. The van der Waals surface area contributed by atoms with E-state index in [1.165, 1.54) is 15.8 Å². The number of para-hydroxylation sites is 2. The molecule has 0 spiro atoms. The lowest BCUT2D eigenvalue weighted by molar-refractivity contribution is -0.160. The molecule has 3 aromatic rings. The summed E-state index contributed by atoms with van der Waals surface area (Å²) < 4.78 is 1.31. The maximum atomic E-state index is 13.8. The SMILES string of the molecule is CC(C)[C@H]1C(=O)N2c3ccccc3[C@]3(O)C[C@H](n4cnc5ccccc5c4=O)C(=O)N1[C@H]23.O.O. The Morgan fingerprint density at radius 2 is 1.68 bits per heavy atom. The number of piperidine rings is 1. The largest absolute Gasteiger partial charge is 0.412 e. The zero-order valence-corrected chi connectivity index (χ0v) is 18.7. The highest BCUT2D eigenvalue weighted by molar-refractivity contribution is 6.07. The van der Waals surface area contributed by atoms with Gasteiger partial charge in [0.15, 0.2) is 0 Å². The van der Waals surface area contributed by atoms with Crippen molar-refractivity contribution in [1.82, 2.24) is 14.5 Å². The smallest absolute Gasteiger partial charge is 0.261 e. The Balaban J connectivity index is 0.00000137. The van der Waals surface area contributed by atoms with Gasteiger partial charge in [0.1, 0.15) is 23.9 Å². The van der Waals surface area contributed by atoms with Crippen molar-refractivity contribution in [2.75, 3.05) is 4.90 Å². The van der Waals surface area contributed by atoms with Gasteiger partial charge >= 0.3 is 0 Å². The minimum absolute atomic E-state index is 0. The number of hydrogen-bond acceptors (Lipinski definition) is 5. The minimum Gasteiger partial charge on any atom is -0.412 e. The molecule has 2 aromatic carbocycles. The van der Waals surface area contributed by atoms with Crippen LogP contribution in [0.25, 0.3) is 10.9 Å². The minimum atomic E-state index is -1.49.